The first-order valence-electron chi connectivity index (χ1n) is 7.24. The molecule has 19 heavy (non-hydrogen) atoms. The first-order valence-corrected chi connectivity index (χ1v) is 7.24. The van der Waals surface area contributed by atoms with Gasteiger partial charge in [0, 0.05) is 13.7 Å². The summed E-state index contributed by atoms with van der Waals surface area (Å²) in [6.07, 6.45) is 3.01. The molecule has 1 amide bonds. The van der Waals surface area contributed by atoms with Crippen LogP contribution in [0.1, 0.15) is 40.0 Å². The highest BCUT2D eigenvalue weighted by Gasteiger charge is 2.45. The van der Waals surface area contributed by atoms with Crippen molar-refractivity contribution in [3.63, 3.8) is 0 Å². The number of carbonyl (C=O) groups excluding carboxylic acids is 1. The van der Waals surface area contributed by atoms with E-state index in [-0.39, 0.29) is 12.1 Å². The molecule has 0 aromatic rings. The minimum Gasteiger partial charge on any atom is -0.382 e. The number of methoxy groups -OCH3 is 1. The molecule has 1 N–H and O–H groups in total. The predicted octanol–water partition coefficient (Wildman–Crippen LogP) is 1.38. The second-order valence-electron chi connectivity index (χ2n) is 5.24. The number of rotatable bonds is 9. The molecule has 0 spiro atoms. The fourth-order valence-electron chi connectivity index (χ4n) is 2.39. The summed E-state index contributed by atoms with van der Waals surface area (Å²) in [5.41, 5.74) is -0.410. The number of nitrogens with zero attached hydrogens (tertiary/aromatic N) is 1. The second-order valence-corrected chi connectivity index (χ2v) is 5.24. The van der Waals surface area contributed by atoms with Gasteiger partial charge in [0.15, 0.2) is 0 Å². The monoisotopic (exact) mass is 272 g/mol. The van der Waals surface area contributed by atoms with Crippen LogP contribution in [0.2, 0.25) is 0 Å². The van der Waals surface area contributed by atoms with Gasteiger partial charge in [-0.15, -0.1) is 0 Å². The van der Waals surface area contributed by atoms with Gasteiger partial charge in [0.1, 0.15) is 0 Å². The van der Waals surface area contributed by atoms with Gasteiger partial charge in [0.25, 0.3) is 0 Å². The van der Waals surface area contributed by atoms with Crippen molar-refractivity contribution < 1.29 is 14.3 Å². The molecule has 2 unspecified atom stereocenters. The average molecular weight is 272 g/mol. The zero-order chi connectivity index (χ0) is 14.3. The maximum Gasteiger partial charge on any atom is 0.243 e. The molecular formula is C14H28N2O3. The van der Waals surface area contributed by atoms with Crippen LogP contribution in [0.4, 0.5) is 0 Å². The molecule has 0 aromatic carbocycles. The van der Waals surface area contributed by atoms with Crippen molar-refractivity contribution in [3.8, 4) is 0 Å². The van der Waals surface area contributed by atoms with Gasteiger partial charge < -0.3 is 14.4 Å². The zero-order valence-electron chi connectivity index (χ0n) is 12.7. The Labute approximate surface area is 116 Å². The molecule has 0 saturated carbocycles. The Hall–Kier alpha value is -0.650. The van der Waals surface area contributed by atoms with Gasteiger partial charge in [-0.3, -0.25) is 10.1 Å². The normalized spacial score (nSPS) is 27.3. The molecule has 0 bridgehead atoms. The summed E-state index contributed by atoms with van der Waals surface area (Å²) < 4.78 is 10.4. The maximum atomic E-state index is 12.4. The van der Waals surface area contributed by atoms with E-state index in [0.717, 1.165) is 19.3 Å². The molecule has 1 aliphatic heterocycles. The summed E-state index contributed by atoms with van der Waals surface area (Å²) in [5, 5.41) is 3.47. The van der Waals surface area contributed by atoms with E-state index in [0.29, 0.717) is 26.4 Å². The van der Waals surface area contributed by atoms with Crippen molar-refractivity contribution >= 4 is 5.91 Å². The van der Waals surface area contributed by atoms with Crippen LogP contribution in [0.3, 0.4) is 0 Å². The van der Waals surface area contributed by atoms with Crippen LogP contribution in [0.25, 0.3) is 0 Å². The zero-order valence-corrected chi connectivity index (χ0v) is 12.7. The summed E-state index contributed by atoms with van der Waals surface area (Å²) in [4.78, 5) is 14.4. The number of carbonyl (C=O) groups is 1. The van der Waals surface area contributed by atoms with E-state index in [1.165, 1.54) is 0 Å². The standard InChI is InChI=1S/C14H28N2O3/c1-5-7-12-15-14(3,6-2)13(17)16(12)8-9-19-11-10-18-4/h12,15H,5-11H2,1-4H3. The van der Waals surface area contributed by atoms with Crippen molar-refractivity contribution in [1.29, 1.82) is 0 Å². The Kier molecular flexibility index (Phi) is 6.75. The summed E-state index contributed by atoms with van der Waals surface area (Å²) in [7, 11) is 1.65. The lowest BCUT2D eigenvalue weighted by molar-refractivity contribution is -0.133. The number of amides is 1. The van der Waals surface area contributed by atoms with Gasteiger partial charge in [-0.25, -0.2) is 0 Å². The van der Waals surface area contributed by atoms with E-state index in [1.54, 1.807) is 7.11 Å². The minimum atomic E-state index is -0.410. The third kappa shape index (κ3) is 4.16. The van der Waals surface area contributed by atoms with Gasteiger partial charge in [-0.2, -0.15) is 0 Å². The number of nitrogens with one attached hydrogen (secondary N) is 1. The summed E-state index contributed by atoms with van der Waals surface area (Å²) in [6, 6.07) is 0. The van der Waals surface area contributed by atoms with Crippen LogP contribution >= 0.6 is 0 Å². The van der Waals surface area contributed by atoms with E-state index < -0.39 is 5.54 Å². The topological polar surface area (TPSA) is 50.8 Å². The lowest BCUT2D eigenvalue weighted by Crippen LogP contribution is -2.43. The number of hydrogen-bond donors (Lipinski definition) is 1. The van der Waals surface area contributed by atoms with E-state index in [1.807, 2.05) is 18.7 Å². The Morgan fingerprint density at radius 3 is 2.63 bits per heavy atom. The van der Waals surface area contributed by atoms with Crippen molar-refractivity contribution in [2.75, 3.05) is 33.5 Å². The molecule has 2 atom stereocenters. The van der Waals surface area contributed by atoms with E-state index in [9.17, 15) is 4.79 Å². The third-order valence-electron chi connectivity index (χ3n) is 3.77. The third-order valence-corrected chi connectivity index (χ3v) is 3.77. The Bertz CT molecular complexity index is 286. The van der Waals surface area contributed by atoms with Crippen LogP contribution in [-0.4, -0.2) is 56.0 Å². The van der Waals surface area contributed by atoms with Crippen LogP contribution in [0.5, 0.6) is 0 Å². The van der Waals surface area contributed by atoms with Crippen molar-refractivity contribution in [2.24, 2.45) is 0 Å². The van der Waals surface area contributed by atoms with Gasteiger partial charge in [-0.1, -0.05) is 20.3 Å². The number of hydrogen-bond acceptors (Lipinski definition) is 4. The smallest absolute Gasteiger partial charge is 0.243 e. The molecular weight excluding hydrogens is 244 g/mol. The van der Waals surface area contributed by atoms with E-state index in [2.05, 4.69) is 12.2 Å². The van der Waals surface area contributed by atoms with Crippen molar-refractivity contribution in [2.45, 2.75) is 51.7 Å². The molecule has 1 heterocycles. The van der Waals surface area contributed by atoms with Crippen LogP contribution in [-0.2, 0) is 14.3 Å². The van der Waals surface area contributed by atoms with Crippen LogP contribution < -0.4 is 5.32 Å². The predicted molar refractivity (Wildman–Crippen MR) is 74.9 cm³/mol. The Balaban J connectivity index is 2.49. The molecule has 0 aliphatic carbocycles. The van der Waals surface area contributed by atoms with Crippen molar-refractivity contribution in [1.82, 2.24) is 10.2 Å². The van der Waals surface area contributed by atoms with Gasteiger partial charge in [0.05, 0.1) is 31.5 Å². The molecule has 112 valence electrons. The maximum absolute atomic E-state index is 12.4. The lowest BCUT2D eigenvalue weighted by Gasteiger charge is -2.23. The molecule has 1 saturated heterocycles. The quantitative estimate of drug-likeness (QED) is 0.644. The fraction of sp³-hybridized carbons (Fsp3) is 0.929. The molecule has 1 rings (SSSR count). The van der Waals surface area contributed by atoms with Gasteiger partial charge in [0.2, 0.25) is 5.91 Å². The first-order chi connectivity index (χ1) is 9.09. The molecule has 1 aliphatic rings. The van der Waals surface area contributed by atoms with Crippen LogP contribution in [0.15, 0.2) is 0 Å². The molecule has 5 nitrogen and oxygen atoms in total. The highest BCUT2D eigenvalue weighted by molar-refractivity contribution is 5.88. The Morgan fingerprint density at radius 1 is 1.32 bits per heavy atom. The van der Waals surface area contributed by atoms with Crippen molar-refractivity contribution in [3.05, 3.63) is 0 Å². The molecule has 0 aromatic heterocycles. The molecule has 1 fully saturated rings. The fourth-order valence-corrected chi connectivity index (χ4v) is 2.39. The van der Waals surface area contributed by atoms with E-state index in [4.69, 9.17) is 9.47 Å². The lowest BCUT2D eigenvalue weighted by atomic mass is 9.99. The summed E-state index contributed by atoms with van der Waals surface area (Å²) in [5.74, 6) is 0.198. The minimum absolute atomic E-state index is 0.147. The molecule has 0 radical (unpaired) electrons. The van der Waals surface area contributed by atoms with E-state index >= 15 is 0 Å². The van der Waals surface area contributed by atoms with Gasteiger partial charge in [-0.05, 0) is 19.8 Å². The summed E-state index contributed by atoms with van der Waals surface area (Å²) in [6.45, 7) is 8.57. The first kappa shape index (κ1) is 16.4. The average Bonchev–Trinajstić information content (AvgIpc) is 2.64. The Morgan fingerprint density at radius 2 is 2.05 bits per heavy atom. The number of ether oxygens (including phenoxy) is 2. The highest BCUT2D eigenvalue weighted by atomic mass is 16.5. The summed E-state index contributed by atoms with van der Waals surface area (Å²) >= 11 is 0. The van der Waals surface area contributed by atoms with Crippen LogP contribution in [0, 0.1) is 0 Å². The highest BCUT2D eigenvalue weighted by Crippen LogP contribution is 2.25. The largest absolute Gasteiger partial charge is 0.382 e. The molecule has 5 heteroatoms. The SMILES string of the molecule is CCCC1NC(C)(CC)C(=O)N1CCOCCOC. The second kappa shape index (κ2) is 7.82. The van der Waals surface area contributed by atoms with Gasteiger partial charge >= 0.3 is 0 Å².